The van der Waals surface area contributed by atoms with Gasteiger partial charge in [0.2, 0.25) is 0 Å². The second-order valence-corrected chi connectivity index (χ2v) is 1.40. The normalized spacial score (nSPS) is 9.54. The Morgan fingerprint density at radius 1 is 1.69 bits per heavy atom. The minimum atomic E-state index is -1.50. The summed E-state index contributed by atoms with van der Waals surface area (Å²) in [5, 5.41) is 27.7. The van der Waals surface area contributed by atoms with E-state index in [9.17, 15) is 0 Å². The van der Waals surface area contributed by atoms with Crippen molar-refractivity contribution >= 4 is 11.9 Å². The Kier molecular flexibility index (Phi) is 18.0. The van der Waals surface area contributed by atoms with Gasteiger partial charge in [-0.05, 0) is 6.92 Å². The summed E-state index contributed by atoms with van der Waals surface area (Å²) in [4.78, 5) is 12.7. The molecule has 0 aromatic carbocycles. The average molecular weight is 238 g/mol. The summed E-state index contributed by atoms with van der Waals surface area (Å²) in [5.41, 5.74) is 0.523. The van der Waals surface area contributed by atoms with Gasteiger partial charge in [0.15, 0.2) is 0 Å². The molecule has 0 aliphatic rings. The maximum absolute atomic E-state index is 8.36. The monoisotopic (exact) mass is 237 g/mol. The van der Waals surface area contributed by atoms with Crippen LogP contribution in [0.2, 0.25) is 0 Å². The van der Waals surface area contributed by atoms with Crippen LogP contribution >= 0.6 is 0 Å². The molecule has 0 fully saturated rings. The molecule has 0 spiro atoms. The summed E-state index contributed by atoms with van der Waals surface area (Å²) in [6, 6.07) is 0. The molecule has 0 aliphatic heterocycles. The number of oxime groups is 2. The van der Waals surface area contributed by atoms with E-state index in [1.54, 1.807) is 6.92 Å². The second kappa shape index (κ2) is 13.2. The summed E-state index contributed by atoms with van der Waals surface area (Å²) < 4.78 is 0. The third kappa shape index (κ3) is 36.9. The van der Waals surface area contributed by atoms with Gasteiger partial charge in [0.25, 0.3) is 5.09 Å². The smallest absolute Gasteiger partial charge is 0.291 e. The number of nitrogens with zero attached hydrogens (tertiary/aromatic N) is 3. The molecule has 13 heavy (non-hydrogen) atoms. The molecule has 0 amide bonds. The molecule has 0 unspecified atom stereocenters. The van der Waals surface area contributed by atoms with Crippen LogP contribution in [0.25, 0.3) is 0 Å². The van der Waals surface area contributed by atoms with Crippen LogP contribution in [0.15, 0.2) is 10.3 Å². The van der Waals surface area contributed by atoms with E-state index in [0.29, 0.717) is 5.71 Å². The SMILES string of the molecule is CON=C(C)C=NO.O=[N+]([O-])O.[Ni]. The zero-order valence-electron chi connectivity index (χ0n) is 6.85. The fourth-order valence-corrected chi connectivity index (χ4v) is 0.251. The molecule has 2 N–H and O–H groups in total. The topological polar surface area (TPSA) is 118 Å². The van der Waals surface area contributed by atoms with Crippen molar-refractivity contribution in [1.82, 2.24) is 0 Å². The molecular formula is C4H9N3NiO5. The van der Waals surface area contributed by atoms with E-state index >= 15 is 0 Å². The first-order chi connectivity index (χ1) is 5.54. The molecule has 0 aromatic heterocycles. The van der Waals surface area contributed by atoms with Crippen molar-refractivity contribution < 1.29 is 36.8 Å². The molecule has 0 bridgehead atoms. The van der Waals surface area contributed by atoms with Crippen LogP contribution in [0.3, 0.4) is 0 Å². The summed E-state index contributed by atoms with van der Waals surface area (Å²) in [5.74, 6) is 0. The van der Waals surface area contributed by atoms with Crippen molar-refractivity contribution in [1.29, 1.82) is 0 Å². The molecule has 0 radical (unpaired) electrons. The van der Waals surface area contributed by atoms with E-state index in [1.165, 1.54) is 13.3 Å². The minimum Gasteiger partial charge on any atom is -0.411 e. The zero-order chi connectivity index (χ0) is 9.98. The van der Waals surface area contributed by atoms with E-state index in [4.69, 9.17) is 20.5 Å². The van der Waals surface area contributed by atoms with Gasteiger partial charge < -0.3 is 15.3 Å². The summed E-state index contributed by atoms with van der Waals surface area (Å²) in [6.45, 7) is 1.66. The van der Waals surface area contributed by atoms with E-state index in [1.807, 2.05) is 0 Å². The Morgan fingerprint density at radius 2 is 2.08 bits per heavy atom. The van der Waals surface area contributed by atoms with E-state index in [0.717, 1.165) is 0 Å². The molecule has 0 saturated carbocycles. The third-order valence-corrected chi connectivity index (χ3v) is 0.480. The molecule has 0 aromatic rings. The predicted molar refractivity (Wildman–Crippen MR) is 39.2 cm³/mol. The van der Waals surface area contributed by atoms with Gasteiger partial charge in [0.1, 0.15) is 7.11 Å². The van der Waals surface area contributed by atoms with Crippen LogP contribution in [-0.4, -0.2) is 34.5 Å². The first kappa shape index (κ1) is 17.6. The summed E-state index contributed by atoms with van der Waals surface area (Å²) in [6.07, 6.45) is 1.18. The van der Waals surface area contributed by atoms with Gasteiger partial charge in [-0.15, -0.1) is 10.1 Å². The zero-order valence-corrected chi connectivity index (χ0v) is 7.84. The second-order valence-electron chi connectivity index (χ2n) is 1.40. The van der Waals surface area contributed by atoms with Crippen molar-refractivity contribution in [3.05, 3.63) is 10.1 Å². The maximum Gasteiger partial charge on any atom is 0.291 e. The molecule has 0 heterocycles. The molecule has 0 aliphatic carbocycles. The largest absolute Gasteiger partial charge is 0.411 e. The predicted octanol–water partition coefficient (Wildman–Crippen LogP) is 0.118. The van der Waals surface area contributed by atoms with E-state index in [2.05, 4.69) is 15.1 Å². The number of hydrogen-bond acceptors (Lipinski definition) is 6. The summed E-state index contributed by atoms with van der Waals surface area (Å²) in [7, 11) is 1.43. The van der Waals surface area contributed by atoms with Crippen LogP contribution in [0.5, 0.6) is 0 Å². The standard InChI is InChI=1S/C4H8N2O2.HNO3.Ni/c1-4(3-5-7)6-8-2;2-1(3)4;/h3,7H,1-2H3;(H,2,3,4);. The molecule has 0 atom stereocenters. The summed E-state index contributed by atoms with van der Waals surface area (Å²) >= 11 is 0. The van der Waals surface area contributed by atoms with Gasteiger partial charge in [-0.25, -0.2) is 0 Å². The fraction of sp³-hybridized carbons (Fsp3) is 0.500. The van der Waals surface area contributed by atoms with E-state index in [-0.39, 0.29) is 16.5 Å². The first-order valence-corrected chi connectivity index (χ1v) is 2.63. The molecule has 0 rings (SSSR count). The Hall–Kier alpha value is -1.37. The number of hydrogen-bond donors (Lipinski definition) is 2. The molecular weight excluding hydrogens is 229 g/mol. The molecule has 8 nitrogen and oxygen atoms in total. The van der Waals surface area contributed by atoms with Crippen molar-refractivity contribution in [2.45, 2.75) is 6.92 Å². The fourth-order valence-electron chi connectivity index (χ4n) is 0.251. The Labute approximate surface area is 83.9 Å². The van der Waals surface area contributed by atoms with Crippen LogP contribution in [-0.2, 0) is 21.3 Å². The molecule has 80 valence electrons. The van der Waals surface area contributed by atoms with Gasteiger partial charge >= 0.3 is 0 Å². The van der Waals surface area contributed by atoms with E-state index < -0.39 is 5.09 Å². The average Bonchev–Trinajstić information content (AvgIpc) is 1.87. The first-order valence-electron chi connectivity index (χ1n) is 2.63. The minimum absolute atomic E-state index is 0. The van der Waals surface area contributed by atoms with Gasteiger partial charge in [0, 0.05) is 16.5 Å². The van der Waals surface area contributed by atoms with Crippen LogP contribution in [0.4, 0.5) is 0 Å². The van der Waals surface area contributed by atoms with Gasteiger partial charge in [-0.1, -0.05) is 10.3 Å². The van der Waals surface area contributed by atoms with Crippen molar-refractivity contribution in [3.63, 3.8) is 0 Å². The van der Waals surface area contributed by atoms with Crippen LogP contribution in [0, 0.1) is 10.1 Å². The van der Waals surface area contributed by atoms with Crippen molar-refractivity contribution in [2.75, 3.05) is 7.11 Å². The van der Waals surface area contributed by atoms with Crippen molar-refractivity contribution in [3.8, 4) is 0 Å². The Bertz CT molecular complexity index is 179. The van der Waals surface area contributed by atoms with Gasteiger partial charge in [-0.2, -0.15) is 0 Å². The molecule has 9 heteroatoms. The van der Waals surface area contributed by atoms with Crippen LogP contribution in [0.1, 0.15) is 6.92 Å². The Balaban J connectivity index is -0.000000173. The maximum atomic E-state index is 8.36. The quantitative estimate of drug-likeness (QED) is 0.233. The van der Waals surface area contributed by atoms with Gasteiger partial charge in [-0.3, -0.25) is 0 Å². The number of rotatable bonds is 2. The third-order valence-electron chi connectivity index (χ3n) is 0.480. The van der Waals surface area contributed by atoms with Crippen molar-refractivity contribution in [2.24, 2.45) is 10.3 Å². The molecule has 0 saturated heterocycles. The van der Waals surface area contributed by atoms with Crippen LogP contribution < -0.4 is 0 Å². The van der Waals surface area contributed by atoms with Gasteiger partial charge in [0.05, 0.1) is 11.9 Å². The Morgan fingerprint density at radius 3 is 2.31 bits per heavy atom.